The molecule has 0 aliphatic carbocycles. The molecule has 0 atom stereocenters. The average molecular weight is 221 g/mol. The molecule has 0 unspecified atom stereocenters. The smallest absolute Gasteiger partial charge is 0.871 e. The molecule has 0 heterocycles. The zero-order chi connectivity index (χ0) is 6.85. The predicted octanol–water partition coefficient (Wildman–Crippen LogP) is -0.507. The first kappa shape index (κ1) is 14.4. The summed E-state index contributed by atoms with van der Waals surface area (Å²) in [6, 6.07) is 4.51. The van der Waals surface area contributed by atoms with Crippen molar-refractivity contribution < 1.29 is 34.7 Å². The Morgan fingerprint density at radius 1 is 1.18 bits per heavy atom. The van der Waals surface area contributed by atoms with Crippen molar-refractivity contribution in [2.45, 2.75) is 0 Å². The summed E-state index contributed by atoms with van der Waals surface area (Å²) in [5.74, 6) is -0.232. The van der Waals surface area contributed by atoms with Crippen LogP contribution in [-0.2, 0) is 0 Å². The Labute approximate surface area is 103 Å². The van der Waals surface area contributed by atoms with Crippen LogP contribution in [0.1, 0.15) is 0 Å². The molecule has 0 fully saturated rings. The molecule has 0 saturated heterocycles. The molecule has 1 rings (SSSR count). The van der Waals surface area contributed by atoms with E-state index in [1.54, 1.807) is 12.1 Å². The fourth-order valence-electron chi connectivity index (χ4n) is 0.484. The summed E-state index contributed by atoms with van der Waals surface area (Å²) >= 11 is 10.9. The van der Waals surface area contributed by atoms with E-state index in [1.165, 1.54) is 6.07 Å². The second-order valence-electron chi connectivity index (χ2n) is 1.55. The van der Waals surface area contributed by atoms with Crippen molar-refractivity contribution in [2.75, 3.05) is 0 Å². The number of halogens is 3. The van der Waals surface area contributed by atoms with Gasteiger partial charge in [-0.2, -0.15) is 0 Å². The number of hydrogen-bond acceptors (Lipinski definition) is 1. The van der Waals surface area contributed by atoms with E-state index in [9.17, 15) is 5.11 Å². The third-order valence-corrected chi connectivity index (χ3v) is 1.72. The standard InChI is InChI=1S/C6H4Cl2O.ClH.Na/c7-4-2-1-3-5(9)6(4)8;;/h1-3,9H;1H;/q;;+1/p-1. The first-order valence-corrected chi connectivity index (χ1v) is 3.08. The van der Waals surface area contributed by atoms with Crippen molar-refractivity contribution in [1.82, 2.24) is 0 Å². The van der Waals surface area contributed by atoms with Crippen LogP contribution in [0.5, 0.6) is 5.75 Å². The van der Waals surface area contributed by atoms with Crippen LogP contribution in [0, 0.1) is 0 Å². The molecule has 1 aromatic rings. The van der Waals surface area contributed by atoms with Crippen molar-refractivity contribution in [1.29, 1.82) is 0 Å². The molecule has 56 valence electrons. The molecule has 1 aromatic carbocycles. The molecule has 0 aliphatic heterocycles. The van der Waals surface area contributed by atoms with Crippen molar-refractivity contribution >= 4 is 35.6 Å². The molecule has 1 nitrogen and oxygen atoms in total. The predicted molar refractivity (Wildman–Crippen MR) is 43.2 cm³/mol. The van der Waals surface area contributed by atoms with Gasteiger partial charge in [0.1, 0.15) is 0 Å². The molecule has 0 N–H and O–H groups in total. The largest absolute Gasteiger partial charge is 1.00 e. The van der Waals surface area contributed by atoms with Crippen LogP contribution in [0.2, 0.25) is 10.0 Å². The maximum absolute atomic E-state index is 10.6. The molecule has 0 radical (unpaired) electrons. The van der Waals surface area contributed by atoms with E-state index in [0.29, 0.717) is 5.02 Å². The van der Waals surface area contributed by atoms with Crippen LogP contribution < -0.4 is 34.7 Å². The van der Waals surface area contributed by atoms with Crippen LogP contribution in [0.4, 0.5) is 0 Å². The summed E-state index contributed by atoms with van der Waals surface area (Å²) < 4.78 is 0. The van der Waals surface area contributed by atoms with E-state index < -0.39 is 0 Å². The van der Waals surface area contributed by atoms with Gasteiger partial charge in [-0.3, -0.25) is 0 Å². The summed E-state index contributed by atoms with van der Waals surface area (Å²) in [5, 5.41) is 11.0. The van der Waals surface area contributed by atoms with E-state index in [1.807, 2.05) is 0 Å². The summed E-state index contributed by atoms with van der Waals surface area (Å²) in [7, 11) is 0. The third kappa shape index (κ3) is 3.88. The molecule has 0 aromatic heterocycles. The van der Waals surface area contributed by atoms with Crippen molar-refractivity contribution in [3.05, 3.63) is 28.2 Å². The van der Waals surface area contributed by atoms with Crippen LogP contribution in [0.15, 0.2) is 18.2 Å². The molecule has 0 bridgehead atoms. The molecule has 0 spiro atoms. The number of rotatable bonds is 0. The normalized spacial score (nSPS) is 7.82. The van der Waals surface area contributed by atoms with Gasteiger partial charge in [-0.15, -0.1) is 12.4 Å². The SMILES string of the molecule is Cl.[Na+].[O-]c1cccc(Cl)c1Cl. The Hall–Kier alpha value is 0.890. The van der Waals surface area contributed by atoms with Gasteiger partial charge in [0.25, 0.3) is 0 Å². The second kappa shape index (κ2) is 6.41. The third-order valence-electron chi connectivity index (χ3n) is 0.916. The van der Waals surface area contributed by atoms with E-state index in [4.69, 9.17) is 23.2 Å². The average Bonchev–Trinajstić information content (AvgIpc) is 1.83. The molecular formula is C6H4Cl3NaO. The Morgan fingerprint density at radius 2 is 1.73 bits per heavy atom. The van der Waals surface area contributed by atoms with Gasteiger partial charge in [-0.1, -0.05) is 41.1 Å². The summed E-state index contributed by atoms with van der Waals surface area (Å²) in [6.07, 6.45) is 0. The van der Waals surface area contributed by atoms with Crippen molar-refractivity contribution in [3.63, 3.8) is 0 Å². The van der Waals surface area contributed by atoms with Crippen LogP contribution >= 0.6 is 35.6 Å². The van der Waals surface area contributed by atoms with Crippen LogP contribution in [-0.4, -0.2) is 0 Å². The quantitative estimate of drug-likeness (QED) is 0.541. The molecule has 0 aliphatic rings. The summed E-state index contributed by atoms with van der Waals surface area (Å²) in [4.78, 5) is 0. The zero-order valence-electron chi connectivity index (χ0n) is 5.80. The fraction of sp³-hybridized carbons (Fsp3) is 0. The monoisotopic (exact) mass is 220 g/mol. The Balaban J connectivity index is 0. The van der Waals surface area contributed by atoms with Gasteiger partial charge in [-0.05, 0) is 6.07 Å². The Bertz CT molecular complexity index is 209. The minimum Gasteiger partial charge on any atom is -0.871 e. The van der Waals surface area contributed by atoms with Gasteiger partial charge in [0.15, 0.2) is 0 Å². The molecule has 0 amide bonds. The molecule has 0 saturated carbocycles. The number of hydrogen-bond donors (Lipinski definition) is 0. The van der Waals surface area contributed by atoms with Gasteiger partial charge in [0.2, 0.25) is 0 Å². The van der Waals surface area contributed by atoms with E-state index in [-0.39, 0.29) is 52.7 Å². The van der Waals surface area contributed by atoms with Gasteiger partial charge >= 0.3 is 29.6 Å². The number of benzene rings is 1. The van der Waals surface area contributed by atoms with Crippen LogP contribution in [0.3, 0.4) is 0 Å². The maximum Gasteiger partial charge on any atom is 1.00 e. The summed E-state index contributed by atoms with van der Waals surface area (Å²) in [5.41, 5.74) is 0. The molecule has 11 heavy (non-hydrogen) atoms. The van der Waals surface area contributed by atoms with Crippen molar-refractivity contribution in [3.8, 4) is 5.75 Å². The van der Waals surface area contributed by atoms with Crippen molar-refractivity contribution in [2.24, 2.45) is 0 Å². The summed E-state index contributed by atoms with van der Waals surface area (Å²) in [6.45, 7) is 0. The van der Waals surface area contributed by atoms with E-state index in [2.05, 4.69) is 0 Å². The second-order valence-corrected chi connectivity index (χ2v) is 2.34. The maximum atomic E-state index is 10.6. The van der Waals surface area contributed by atoms with Gasteiger partial charge in [0, 0.05) is 0 Å². The van der Waals surface area contributed by atoms with Gasteiger partial charge in [-0.25, -0.2) is 0 Å². The molecule has 5 heteroatoms. The van der Waals surface area contributed by atoms with Crippen LogP contribution in [0.25, 0.3) is 0 Å². The fourth-order valence-corrected chi connectivity index (χ4v) is 0.776. The minimum atomic E-state index is -0.232. The van der Waals surface area contributed by atoms with E-state index >= 15 is 0 Å². The first-order chi connectivity index (χ1) is 4.22. The Kier molecular flexibility index (Phi) is 8.40. The van der Waals surface area contributed by atoms with Gasteiger partial charge in [0.05, 0.1) is 10.0 Å². The topological polar surface area (TPSA) is 23.1 Å². The van der Waals surface area contributed by atoms with E-state index in [0.717, 1.165) is 0 Å². The molecular weight excluding hydrogens is 217 g/mol. The van der Waals surface area contributed by atoms with Gasteiger partial charge < -0.3 is 5.11 Å². The first-order valence-electron chi connectivity index (χ1n) is 2.33. The minimum absolute atomic E-state index is 0. The Morgan fingerprint density at radius 3 is 2.09 bits per heavy atom. The zero-order valence-corrected chi connectivity index (χ0v) is 10.1.